The third-order valence-electron chi connectivity index (χ3n) is 7.71. The molecule has 0 saturated carbocycles. The molecule has 0 amide bonds. The largest absolute Gasteiger partial charge is 0.497 e. The van der Waals surface area contributed by atoms with Crippen LogP contribution in [0.15, 0.2) is 78.9 Å². The third-order valence-corrected chi connectivity index (χ3v) is 8.90. The number of benzene rings is 4. The van der Waals surface area contributed by atoms with Gasteiger partial charge in [0, 0.05) is 43.6 Å². The Balaban J connectivity index is 1.35. The van der Waals surface area contributed by atoms with Crippen LogP contribution in [-0.4, -0.2) is 51.1 Å². The van der Waals surface area contributed by atoms with Gasteiger partial charge in [0.15, 0.2) is 5.78 Å². The van der Waals surface area contributed by atoms with Crippen LogP contribution in [0, 0.1) is 0 Å². The number of likely N-dealkylation sites (tertiary alicyclic amines) is 1. The molecular formula is C34H33NO4S. The van der Waals surface area contributed by atoms with Gasteiger partial charge in [-0.1, -0.05) is 30.7 Å². The smallest absolute Gasteiger partial charge is 0.195 e. The minimum Gasteiger partial charge on any atom is -0.497 e. The topological polar surface area (TPSA) is 48.0 Å². The number of hydrogen-bond donors (Lipinski definition) is 0. The highest BCUT2D eigenvalue weighted by Crippen LogP contribution is 2.44. The highest BCUT2D eigenvalue weighted by molar-refractivity contribution is 7.23. The number of hydrogen-bond acceptors (Lipinski definition) is 6. The molecular weight excluding hydrogens is 518 g/mol. The maximum atomic E-state index is 14.2. The van der Waals surface area contributed by atoms with Gasteiger partial charge in [-0.05, 0) is 85.9 Å². The van der Waals surface area contributed by atoms with E-state index in [4.69, 9.17) is 14.2 Å². The van der Waals surface area contributed by atoms with Crippen molar-refractivity contribution in [2.45, 2.75) is 19.3 Å². The summed E-state index contributed by atoms with van der Waals surface area (Å²) >= 11 is 1.61. The van der Waals surface area contributed by atoms with Crippen molar-refractivity contribution < 1.29 is 19.0 Å². The van der Waals surface area contributed by atoms with Crippen LogP contribution in [0.2, 0.25) is 0 Å². The number of ether oxygens (including phenoxy) is 3. The molecule has 0 atom stereocenters. The maximum Gasteiger partial charge on any atom is 0.195 e. The summed E-state index contributed by atoms with van der Waals surface area (Å²) in [6.45, 7) is 3.90. The molecule has 1 aromatic heterocycles. The maximum absolute atomic E-state index is 14.2. The molecule has 2 heterocycles. The molecule has 6 heteroatoms. The van der Waals surface area contributed by atoms with Crippen molar-refractivity contribution in [2.24, 2.45) is 0 Å². The Morgan fingerprint density at radius 2 is 1.55 bits per heavy atom. The lowest BCUT2D eigenvalue weighted by molar-refractivity contribution is 0.104. The molecule has 5 aromatic rings. The van der Waals surface area contributed by atoms with E-state index in [1.54, 1.807) is 25.6 Å². The first-order valence-corrected chi connectivity index (χ1v) is 14.6. The van der Waals surface area contributed by atoms with Crippen LogP contribution in [0.5, 0.6) is 17.2 Å². The molecule has 0 unspecified atom stereocenters. The Hall–Kier alpha value is -3.87. The van der Waals surface area contributed by atoms with Gasteiger partial charge < -0.3 is 14.2 Å². The molecule has 0 bridgehead atoms. The Morgan fingerprint density at radius 3 is 2.30 bits per heavy atom. The first-order valence-electron chi connectivity index (χ1n) is 13.8. The number of thiophene rings is 1. The van der Waals surface area contributed by atoms with Crippen molar-refractivity contribution in [1.29, 1.82) is 0 Å². The fourth-order valence-electron chi connectivity index (χ4n) is 5.59. The summed E-state index contributed by atoms with van der Waals surface area (Å²) in [4.78, 5) is 17.6. The Labute approximate surface area is 238 Å². The van der Waals surface area contributed by atoms with Crippen LogP contribution in [-0.2, 0) is 0 Å². The number of carbonyl (C=O) groups is 1. The molecule has 40 heavy (non-hydrogen) atoms. The minimum atomic E-state index is -0.00816. The van der Waals surface area contributed by atoms with Crippen LogP contribution in [0.4, 0.5) is 0 Å². The molecule has 1 aliphatic rings. The number of ketones is 1. The summed E-state index contributed by atoms with van der Waals surface area (Å²) in [5.74, 6) is 2.36. The molecule has 5 nitrogen and oxygen atoms in total. The fourth-order valence-corrected chi connectivity index (χ4v) is 6.86. The van der Waals surface area contributed by atoms with E-state index in [-0.39, 0.29) is 5.78 Å². The number of nitrogens with zero attached hydrogens (tertiary/aromatic N) is 1. The van der Waals surface area contributed by atoms with Gasteiger partial charge in [0.25, 0.3) is 0 Å². The van der Waals surface area contributed by atoms with E-state index in [1.807, 2.05) is 60.7 Å². The summed E-state index contributed by atoms with van der Waals surface area (Å²) in [6.07, 6.45) is 3.88. The average molecular weight is 552 g/mol. The van der Waals surface area contributed by atoms with Gasteiger partial charge in [0.1, 0.15) is 23.9 Å². The van der Waals surface area contributed by atoms with Crippen molar-refractivity contribution in [1.82, 2.24) is 4.90 Å². The molecule has 1 fully saturated rings. The number of methoxy groups -OCH3 is 2. The zero-order valence-electron chi connectivity index (χ0n) is 22.9. The highest BCUT2D eigenvalue weighted by atomic mass is 32.1. The SMILES string of the molecule is COc1ccc2c(C(=O)c3ccc(OCCN4CCCCC4)cc3)c(-c3ccc(OC)c4ccccc34)sc2c1. The minimum absolute atomic E-state index is 0.00816. The summed E-state index contributed by atoms with van der Waals surface area (Å²) in [7, 11) is 3.35. The zero-order valence-corrected chi connectivity index (χ0v) is 23.8. The van der Waals surface area contributed by atoms with Crippen molar-refractivity contribution in [2.75, 3.05) is 40.5 Å². The van der Waals surface area contributed by atoms with Crippen LogP contribution in [0.1, 0.15) is 35.2 Å². The lowest BCUT2D eigenvalue weighted by Crippen LogP contribution is -2.33. The summed E-state index contributed by atoms with van der Waals surface area (Å²) in [5.41, 5.74) is 2.35. The van der Waals surface area contributed by atoms with Crippen molar-refractivity contribution in [3.8, 4) is 27.7 Å². The van der Waals surface area contributed by atoms with Gasteiger partial charge >= 0.3 is 0 Å². The molecule has 1 saturated heterocycles. The standard InChI is InChI=1S/C34H33NO4S/c1-37-25-14-15-29-31(22-25)40-34(28-16-17-30(38-2)27-9-5-4-8-26(27)28)32(29)33(36)23-10-12-24(13-11-23)39-21-20-35-18-6-3-7-19-35/h4-5,8-17,22H,3,6-7,18-21H2,1-2H3. The first kappa shape index (κ1) is 26.4. The molecule has 204 valence electrons. The van der Waals surface area contributed by atoms with E-state index in [0.717, 1.165) is 68.2 Å². The number of rotatable bonds is 9. The summed E-state index contributed by atoms with van der Waals surface area (Å²) in [6, 6.07) is 25.7. The average Bonchev–Trinajstić information content (AvgIpc) is 3.39. The number of fused-ring (bicyclic) bond motifs is 2. The van der Waals surface area contributed by atoms with Crippen molar-refractivity contribution in [3.63, 3.8) is 0 Å². The Kier molecular flexibility index (Phi) is 7.71. The van der Waals surface area contributed by atoms with E-state index in [1.165, 1.54) is 19.3 Å². The van der Waals surface area contributed by atoms with Gasteiger partial charge in [0.05, 0.1) is 14.2 Å². The summed E-state index contributed by atoms with van der Waals surface area (Å²) < 4.78 is 18.2. The molecule has 1 aliphatic heterocycles. The molecule has 0 spiro atoms. The van der Waals surface area contributed by atoms with Crippen LogP contribution >= 0.6 is 11.3 Å². The highest BCUT2D eigenvalue weighted by Gasteiger charge is 2.23. The Bertz CT molecular complexity index is 1650. The molecule has 6 rings (SSSR count). The van der Waals surface area contributed by atoms with E-state index in [0.29, 0.717) is 17.7 Å². The van der Waals surface area contributed by atoms with Crippen LogP contribution < -0.4 is 14.2 Å². The molecule has 0 radical (unpaired) electrons. The quantitative estimate of drug-likeness (QED) is 0.175. The van der Waals surface area contributed by atoms with Gasteiger partial charge in [-0.2, -0.15) is 0 Å². The third kappa shape index (κ3) is 5.17. The molecule has 0 aliphatic carbocycles. The van der Waals surface area contributed by atoms with Crippen LogP contribution in [0.3, 0.4) is 0 Å². The second kappa shape index (κ2) is 11.7. The van der Waals surface area contributed by atoms with Gasteiger partial charge in [-0.3, -0.25) is 9.69 Å². The van der Waals surface area contributed by atoms with E-state index < -0.39 is 0 Å². The first-order chi connectivity index (χ1) is 19.7. The van der Waals surface area contributed by atoms with E-state index >= 15 is 0 Å². The zero-order chi connectivity index (χ0) is 27.5. The predicted octanol–water partition coefficient (Wildman–Crippen LogP) is 7.83. The van der Waals surface area contributed by atoms with Gasteiger partial charge in [0.2, 0.25) is 0 Å². The van der Waals surface area contributed by atoms with E-state index in [2.05, 4.69) is 23.1 Å². The lowest BCUT2D eigenvalue weighted by Gasteiger charge is -2.26. The van der Waals surface area contributed by atoms with Crippen LogP contribution in [0.25, 0.3) is 31.3 Å². The number of piperidine rings is 1. The normalized spacial score (nSPS) is 13.9. The van der Waals surface area contributed by atoms with Crippen molar-refractivity contribution >= 4 is 38.0 Å². The summed E-state index contributed by atoms with van der Waals surface area (Å²) in [5, 5.41) is 2.99. The second-order valence-corrected chi connectivity index (χ2v) is 11.2. The number of carbonyl (C=O) groups excluding carboxylic acids is 1. The molecule has 4 aromatic carbocycles. The predicted molar refractivity (Wildman–Crippen MR) is 164 cm³/mol. The fraction of sp³-hybridized carbons (Fsp3) is 0.265. The lowest BCUT2D eigenvalue weighted by atomic mass is 9.95. The van der Waals surface area contributed by atoms with Crippen molar-refractivity contribution in [3.05, 3.63) is 90.0 Å². The molecule has 0 N–H and O–H groups in total. The van der Waals surface area contributed by atoms with Gasteiger partial charge in [-0.15, -0.1) is 11.3 Å². The monoisotopic (exact) mass is 551 g/mol. The second-order valence-electron chi connectivity index (χ2n) is 10.1. The van der Waals surface area contributed by atoms with Gasteiger partial charge in [-0.25, -0.2) is 0 Å². The Morgan fingerprint density at radius 1 is 0.800 bits per heavy atom. The van der Waals surface area contributed by atoms with E-state index in [9.17, 15) is 4.79 Å².